The van der Waals surface area contributed by atoms with Gasteiger partial charge in [-0.3, -0.25) is 9.69 Å². The maximum absolute atomic E-state index is 12.0. The maximum atomic E-state index is 12.0. The van der Waals surface area contributed by atoms with Gasteiger partial charge in [0.05, 0.1) is 6.54 Å². The van der Waals surface area contributed by atoms with Gasteiger partial charge in [0.1, 0.15) is 0 Å². The number of carbonyl (C=O) groups is 1. The molecule has 0 radical (unpaired) electrons. The van der Waals surface area contributed by atoms with E-state index in [1.54, 1.807) is 6.07 Å². The zero-order valence-corrected chi connectivity index (χ0v) is 10.6. The lowest BCUT2D eigenvalue weighted by molar-refractivity contribution is 0.0920. The highest BCUT2D eigenvalue weighted by Crippen LogP contribution is 2.26. The number of benzene rings is 1. The Bertz CT molecular complexity index is 439. The molecule has 0 heterocycles. The first-order valence-corrected chi connectivity index (χ1v) is 6.33. The van der Waals surface area contributed by atoms with E-state index in [0.717, 1.165) is 12.8 Å². The highest BCUT2D eigenvalue weighted by molar-refractivity contribution is 5.98. The summed E-state index contributed by atoms with van der Waals surface area (Å²) in [6.07, 6.45) is 4.79. The normalized spacial score (nSPS) is 16.3. The van der Waals surface area contributed by atoms with Crippen molar-refractivity contribution in [1.82, 2.24) is 4.90 Å². The SMILES string of the molecule is CN(CC(=O)c1ccc(O)c(O)c1)C1CCCC1. The standard InChI is InChI=1S/C14H19NO3/c1-15(11-4-2-3-5-11)9-14(18)10-6-7-12(16)13(17)8-10/h6-8,11,16-17H,2-5,9H2,1H3. The smallest absolute Gasteiger partial charge is 0.176 e. The zero-order valence-electron chi connectivity index (χ0n) is 10.6. The van der Waals surface area contributed by atoms with Crippen LogP contribution in [0.15, 0.2) is 18.2 Å². The maximum Gasteiger partial charge on any atom is 0.176 e. The van der Waals surface area contributed by atoms with Crippen molar-refractivity contribution in [3.63, 3.8) is 0 Å². The van der Waals surface area contributed by atoms with Crippen molar-refractivity contribution in [2.45, 2.75) is 31.7 Å². The molecule has 2 N–H and O–H groups in total. The number of rotatable bonds is 4. The molecular weight excluding hydrogens is 230 g/mol. The van der Waals surface area contributed by atoms with Gasteiger partial charge in [-0.1, -0.05) is 12.8 Å². The summed E-state index contributed by atoms with van der Waals surface area (Å²) in [5.74, 6) is -0.472. The van der Waals surface area contributed by atoms with Crippen LogP contribution in [0.3, 0.4) is 0 Å². The van der Waals surface area contributed by atoms with Crippen LogP contribution in [0.2, 0.25) is 0 Å². The van der Waals surface area contributed by atoms with E-state index in [1.165, 1.54) is 25.0 Å². The summed E-state index contributed by atoms with van der Waals surface area (Å²) in [5, 5.41) is 18.6. The number of ketones is 1. The van der Waals surface area contributed by atoms with Crippen molar-refractivity contribution < 1.29 is 15.0 Å². The topological polar surface area (TPSA) is 60.8 Å². The fourth-order valence-corrected chi connectivity index (χ4v) is 2.49. The molecule has 0 unspecified atom stereocenters. The lowest BCUT2D eigenvalue weighted by Crippen LogP contribution is -2.34. The van der Waals surface area contributed by atoms with Gasteiger partial charge in [-0.2, -0.15) is 0 Å². The van der Waals surface area contributed by atoms with Crippen LogP contribution in [0.1, 0.15) is 36.0 Å². The Balaban J connectivity index is 2.00. The molecule has 4 heteroatoms. The number of phenols is 2. The first-order chi connectivity index (χ1) is 8.58. The molecule has 0 bridgehead atoms. The Morgan fingerprint density at radius 1 is 1.28 bits per heavy atom. The molecule has 0 spiro atoms. The average molecular weight is 249 g/mol. The highest BCUT2D eigenvalue weighted by Gasteiger charge is 2.21. The largest absolute Gasteiger partial charge is 0.504 e. The minimum absolute atomic E-state index is 0.0281. The van der Waals surface area contributed by atoms with E-state index >= 15 is 0 Å². The van der Waals surface area contributed by atoms with Crippen molar-refractivity contribution in [3.05, 3.63) is 23.8 Å². The summed E-state index contributed by atoms with van der Waals surface area (Å²) in [6, 6.07) is 4.71. The van der Waals surface area contributed by atoms with E-state index in [0.29, 0.717) is 18.2 Å². The van der Waals surface area contributed by atoms with Crippen molar-refractivity contribution in [3.8, 4) is 11.5 Å². The number of carbonyl (C=O) groups excluding carboxylic acids is 1. The second-order valence-electron chi connectivity index (χ2n) is 4.98. The molecule has 0 aromatic heterocycles. The number of aromatic hydroxyl groups is 2. The predicted octanol–water partition coefficient (Wildman–Crippen LogP) is 2.15. The molecule has 1 aliphatic rings. The van der Waals surface area contributed by atoms with Crippen LogP contribution in [-0.4, -0.2) is 40.5 Å². The summed E-state index contributed by atoms with van der Waals surface area (Å²) in [4.78, 5) is 14.1. The van der Waals surface area contributed by atoms with Gasteiger partial charge < -0.3 is 10.2 Å². The molecule has 18 heavy (non-hydrogen) atoms. The van der Waals surface area contributed by atoms with Gasteiger partial charge in [-0.25, -0.2) is 0 Å². The number of likely N-dealkylation sites (N-methyl/N-ethyl adjacent to an activating group) is 1. The molecule has 0 atom stereocenters. The molecule has 0 saturated heterocycles. The van der Waals surface area contributed by atoms with E-state index in [4.69, 9.17) is 0 Å². The molecule has 1 aromatic carbocycles. The Hall–Kier alpha value is -1.55. The Morgan fingerprint density at radius 2 is 1.94 bits per heavy atom. The molecule has 0 aliphatic heterocycles. The Morgan fingerprint density at radius 3 is 2.56 bits per heavy atom. The molecule has 2 rings (SSSR count). The molecule has 98 valence electrons. The minimum Gasteiger partial charge on any atom is -0.504 e. The number of hydrogen-bond acceptors (Lipinski definition) is 4. The van der Waals surface area contributed by atoms with E-state index in [1.807, 2.05) is 7.05 Å². The van der Waals surface area contributed by atoms with Gasteiger partial charge in [0, 0.05) is 11.6 Å². The lowest BCUT2D eigenvalue weighted by atomic mass is 10.1. The second-order valence-corrected chi connectivity index (χ2v) is 4.98. The average Bonchev–Trinajstić information content (AvgIpc) is 2.86. The van der Waals surface area contributed by atoms with Gasteiger partial charge in [0.2, 0.25) is 0 Å². The first-order valence-electron chi connectivity index (χ1n) is 6.33. The highest BCUT2D eigenvalue weighted by atomic mass is 16.3. The predicted molar refractivity (Wildman–Crippen MR) is 69.0 cm³/mol. The number of Topliss-reactive ketones (excluding diaryl/α,β-unsaturated/α-hetero) is 1. The molecule has 1 fully saturated rings. The lowest BCUT2D eigenvalue weighted by Gasteiger charge is -2.23. The Kier molecular flexibility index (Phi) is 3.87. The van der Waals surface area contributed by atoms with Crippen molar-refractivity contribution in [2.24, 2.45) is 0 Å². The number of nitrogens with zero attached hydrogens (tertiary/aromatic N) is 1. The van der Waals surface area contributed by atoms with Gasteiger partial charge in [0.25, 0.3) is 0 Å². The van der Waals surface area contributed by atoms with Crippen LogP contribution in [0.25, 0.3) is 0 Å². The van der Waals surface area contributed by atoms with Gasteiger partial charge >= 0.3 is 0 Å². The summed E-state index contributed by atoms with van der Waals surface area (Å²) in [7, 11) is 1.97. The molecule has 0 amide bonds. The van der Waals surface area contributed by atoms with Gasteiger partial charge in [-0.05, 0) is 38.1 Å². The van der Waals surface area contributed by atoms with E-state index in [9.17, 15) is 15.0 Å². The summed E-state index contributed by atoms with van der Waals surface area (Å²) in [5.41, 5.74) is 0.440. The van der Waals surface area contributed by atoms with Crippen LogP contribution < -0.4 is 0 Å². The van der Waals surface area contributed by atoms with Crippen LogP contribution in [0.4, 0.5) is 0 Å². The fraction of sp³-hybridized carbons (Fsp3) is 0.500. The third-order valence-electron chi connectivity index (χ3n) is 3.64. The van der Waals surface area contributed by atoms with Crippen LogP contribution in [0.5, 0.6) is 11.5 Å². The van der Waals surface area contributed by atoms with Gasteiger partial charge in [-0.15, -0.1) is 0 Å². The van der Waals surface area contributed by atoms with Crippen molar-refractivity contribution in [2.75, 3.05) is 13.6 Å². The summed E-state index contributed by atoms with van der Waals surface area (Å²) in [6.45, 7) is 0.356. The molecule has 4 nitrogen and oxygen atoms in total. The third-order valence-corrected chi connectivity index (χ3v) is 3.64. The van der Waals surface area contributed by atoms with E-state index in [-0.39, 0.29) is 17.3 Å². The van der Waals surface area contributed by atoms with Crippen LogP contribution in [0, 0.1) is 0 Å². The van der Waals surface area contributed by atoms with Crippen LogP contribution >= 0.6 is 0 Å². The summed E-state index contributed by atoms with van der Waals surface area (Å²) >= 11 is 0. The number of phenolic OH excluding ortho intramolecular Hbond substituents is 2. The van der Waals surface area contributed by atoms with Crippen molar-refractivity contribution >= 4 is 5.78 Å². The molecule has 1 saturated carbocycles. The quantitative estimate of drug-likeness (QED) is 0.634. The minimum atomic E-state index is -0.246. The first kappa shape index (κ1) is 12.9. The molecular formula is C14H19NO3. The third kappa shape index (κ3) is 2.82. The monoisotopic (exact) mass is 249 g/mol. The molecule has 1 aromatic rings. The second kappa shape index (κ2) is 5.40. The van der Waals surface area contributed by atoms with Crippen molar-refractivity contribution in [1.29, 1.82) is 0 Å². The zero-order chi connectivity index (χ0) is 13.1. The molecule has 1 aliphatic carbocycles. The van der Waals surface area contributed by atoms with E-state index < -0.39 is 0 Å². The van der Waals surface area contributed by atoms with Gasteiger partial charge in [0.15, 0.2) is 17.3 Å². The number of hydrogen-bond donors (Lipinski definition) is 2. The van der Waals surface area contributed by atoms with E-state index in [2.05, 4.69) is 4.90 Å². The Labute approximate surface area is 107 Å². The fourth-order valence-electron chi connectivity index (χ4n) is 2.49. The van der Waals surface area contributed by atoms with Crippen LogP contribution in [-0.2, 0) is 0 Å². The summed E-state index contributed by atoms with van der Waals surface area (Å²) < 4.78 is 0.